The number of hydrogen-bond donors (Lipinski definition) is 1. The van der Waals surface area contributed by atoms with Gasteiger partial charge in [0, 0.05) is 13.1 Å². The molecular formula is C16H23NO2. The molecule has 19 heavy (non-hydrogen) atoms. The molecule has 3 heteroatoms. The highest BCUT2D eigenvalue weighted by Crippen LogP contribution is 2.31. The topological polar surface area (TPSA) is 40.5 Å². The van der Waals surface area contributed by atoms with Gasteiger partial charge in [-0.1, -0.05) is 37.6 Å². The standard InChI is InChI=1S/C16H23NO2/c1-3-5-13-6-4-7-14(10-13)11-17-9-8-16(2,12-17)15(18)19/h4,6-7,10H,3,5,8-9,11-12H2,1-2H3,(H,18,19). The highest BCUT2D eigenvalue weighted by Gasteiger charge is 2.40. The van der Waals surface area contributed by atoms with Crippen LogP contribution in [-0.2, 0) is 17.8 Å². The smallest absolute Gasteiger partial charge is 0.310 e. The van der Waals surface area contributed by atoms with Crippen LogP contribution < -0.4 is 0 Å². The Morgan fingerprint density at radius 2 is 2.16 bits per heavy atom. The summed E-state index contributed by atoms with van der Waals surface area (Å²) in [5.74, 6) is -0.672. The fourth-order valence-electron chi connectivity index (χ4n) is 2.80. The van der Waals surface area contributed by atoms with E-state index in [4.69, 9.17) is 0 Å². The van der Waals surface area contributed by atoms with E-state index in [0.29, 0.717) is 6.54 Å². The maximum atomic E-state index is 11.2. The SMILES string of the molecule is CCCc1cccc(CN2CCC(C)(C(=O)O)C2)c1. The lowest BCUT2D eigenvalue weighted by Crippen LogP contribution is -2.31. The van der Waals surface area contributed by atoms with Crippen molar-refractivity contribution in [2.45, 2.75) is 39.7 Å². The zero-order valence-electron chi connectivity index (χ0n) is 11.9. The average Bonchev–Trinajstić information content (AvgIpc) is 2.73. The van der Waals surface area contributed by atoms with E-state index in [9.17, 15) is 9.90 Å². The number of nitrogens with zero attached hydrogens (tertiary/aromatic N) is 1. The first-order chi connectivity index (χ1) is 9.03. The van der Waals surface area contributed by atoms with E-state index in [-0.39, 0.29) is 0 Å². The molecule has 0 radical (unpaired) electrons. The van der Waals surface area contributed by atoms with Crippen molar-refractivity contribution in [3.8, 4) is 0 Å². The molecule has 2 rings (SSSR count). The van der Waals surface area contributed by atoms with Gasteiger partial charge in [-0.2, -0.15) is 0 Å². The summed E-state index contributed by atoms with van der Waals surface area (Å²) >= 11 is 0. The fraction of sp³-hybridized carbons (Fsp3) is 0.562. The Kier molecular flexibility index (Phi) is 4.25. The molecule has 0 aromatic heterocycles. The molecule has 0 bridgehead atoms. The Balaban J connectivity index is 1.99. The summed E-state index contributed by atoms with van der Waals surface area (Å²) in [4.78, 5) is 13.5. The van der Waals surface area contributed by atoms with Crippen LogP contribution in [0.3, 0.4) is 0 Å². The second-order valence-corrected chi connectivity index (χ2v) is 5.90. The van der Waals surface area contributed by atoms with E-state index in [1.165, 1.54) is 11.1 Å². The van der Waals surface area contributed by atoms with Gasteiger partial charge in [0.15, 0.2) is 0 Å². The maximum Gasteiger partial charge on any atom is 0.310 e. The van der Waals surface area contributed by atoms with Crippen molar-refractivity contribution in [2.24, 2.45) is 5.41 Å². The molecule has 1 fully saturated rings. The third-order valence-corrected chi connectivity index (χ3v) is 4.00. The van der Waals surface area contributed by atoms with Gasteiger partial charge in [-0.05, 0) is 37.4 Å². The number of carboxylic acids is 1. The number of benzene rings is 1. The van der Waals surface area contributed by atoms with Crippen LogP contribution in [0.1, 0.15) is 37.8 Å². The van der Waals surface area contributed by atoms with Crippen LogP contribution in [0.4, 0.5) is 0 Å². The number of carbonyl (C=O) groups is 1. The van der Waals surface area contributed by atoms with Crippen LogP contribution in [0.15, 0.2) is 24.3 Å². The largest absolute Gasteiger partial charge is 0.481 e. The van der Waals surface area contributed by atoms with E-state index in [2.05, 4.69) is 36.1 Å². The number of carboxylic acid groups (broad SMARTS) is 1. The van der Waals surface area contributed by atoms with E-state index in [1.807, 2.05) is 6.92 Å². The van der Waals surface area contributed by atoms with Crippen molar-refractivity contribution < 1.29 is 9.90 Å². The molecular weight excluding hydrogens is 238 g/mol. The number of likely N-dealkylation sites (tertiary alicyclic amines) is 1. The summed E-state index contributed by atoms with van der Waals surface area (Å²) in [5, 5.41) is 9.24. The normalized spacial score (nSPS) is 23.7. The Labute approximate surface area is 115 Å². The van der Waals surface area contributed by atoms with Gasteiger partial charge in [0.25, 0.3) is 0 Å². The molecule has 1 aliphatic heterocycles. The van der Waals surface area contributed by atoms with Crippen LogP contribution >= 0.6 is 0 Å². The molecule has 0 aliphatic carbocycles. The zero-order valence-corrected chi connectivity index (χ0v) is 11.9. The lowest BCUT2D eigenvalue weighted by atomic mass is 9.90. The first kappa shape index (κ1) is 14.1. The lowest BCUT2D eigenvalue weighted by Gasteiger charge is -2.20. The van der Waals surface area contributed by atoms with Crippen LogP contribution in [0.5, 0.6) is 0 Å². The number of aryl methyl sites for hydroxylation is 1. The van der Waals surface area contributed by atoms with Crippen molar-refractivity contribution in [2.75, 3.05) is 13.1 Å². The average molecular weight is 261 g/mol. The fourth-order valence-corrected chi connectivity index (χ4v) is 2.80. The highest BCUT2D eigenvalue weighted by molar-refractivity contribution is 5.74. The van der Waals surface area contributed by atoms with Crippen molar-refractivity contribution in [3.05, 3.63) is 35.4 Å². The Morgan fingerprint density at radius 3 is 2.79 bits per heavy atom. The molecule has 3 nitrogen and oxygen atoms in total. The minimum atomic E-state index is -0.672. The molecule has 1 aromatic rings. The van der Waals surface area contributed by atoms with Gasteiger partial charge >= 0.3 is 5.97 Å². The first-order valence-corrected chi connectivity index (χ1v) is 7.07. The Morgan fingerprint density at radius 1 is 1.42 bits per heavy atom. The summed E-state index contributed by atoms with van der Waals surface area (Å²) in [6, 6.07) is 8.65. The molecule has 0 spiro atoms. The Hall–Kier alpha value is -1.35. The van der Waals surface area contributed by atoms with Gasteiger partial charge in [0.05, 0.1) is 5.41 Å². The third kappa shape index (κ3) is 3.35. The monoisotopic (exact) mass is 261 g/mol. The minimum absolute atomic E-state index is 0.568. The van der Waals surface area contributed by atoms with Crippen LogP contribution in [0, 0.1) is 5.41 Å². The molecule has 104 valence electrons. The molecule has 1 saturated heterocycles. The summed E-state index contributed by atoms with van der Waals surface area (Å²) < 4.78 is 0. The van der Waals surface area contributed by atoms with Crippen molar-refractivity contribution in [1.82, 2.24) is 4.90 Å². The minimum Gasteiger partial charge on any atom is -0.481 e. The first-order valence-electron chi connectivity index (χ1n) is 7.07. The molecule has 1 unspecified atom stereocenters. The van der Waals surface area contributed by atoms with Gasteiger partial charge in [-0.15, -0.1) is 0 Å². The van der Waals surface area contributed by atoms with E-state index >= 15 is 0 Å². The van der Waals surface area contributed by atoms with Gasteiger partial charge < -0.3 is 5.11 Å². The van der Waals surface area contributed by atoms with Crippen LogP contribution in [0.25, 0.3) is 0 Å². The third-order valence-electron chi connectivity index (χ3n) is 4.00. The van der Waals surface area contributed by atoms with Gasteiger partial charge in [0.1, 0.15) is 0 Å². The van der Waals surface area contributed by atoms with E-state index in [1.54, 1.807) is 0 Å². The van der Waals surface area contributed by atoms with Crippen LogP contribution in [-0.4, -0.2) is 29.1 Å². The Bertz CT molecular complexity index is 458. The van der Waals surface area contributed by atoms with Gasteiger partial charge in [-0.25, -0.2) is 0 Å². The second-order valence-electron chi connectivity index (χ2n) is 5.90. The van der Waals surface area contributed by atoms with Crippen molar-refractivity contribution in [1.29, 1.82) is 0 Å². The summed E-state index contributed by atoms with van der Waals surface area (Å²) in [6.45, 7) is 6.43. The van der Waals surface area contributed by atoms with E-state index < -0.39 is 11.4 Å². The second kappa shape index (κ2) is 5.74. The van der Waals surface area contributed by atoms with Crippen molar-refractivity contribution in [3.63, 3.8) is 0 Å². The predicted molar refractivity (Wildman–Crippen MR) is 76.1 cm³/mol. The van der Waals surface area contributed by atoms with Crippen LogP contribution in [0.2, 0.25) is 0 Å². The molecule has 0 amide bonds. The predicted octanol–water partition coefficient (Wildman–Crippen LogP) is 2.94. The molecule has 1 N–H and O–H groups in total. The molecule has 1 aliphatic rings. The quantitative estimate of drug-likeness (QED) is 0.886. The molecule has 1 aromatic carbocycles. The highest BCUT2D eigenvalue weighted by atomic mass is 16.4. The zero-order chi connectivity index (χ0) is 13.9. The lowest BCUT2D eigenvalue weighted by molar-refractivity contribution is -0.147. The number of hydrogen-bond acceptors (Lipinski definition) is 2. The maximum absolute atomic E-state index is 11.2. The summed E-state index contributed by atoms with van der Waals surface area (Å²) in [5.41, 5.74) is 2.10. The summed E-state index contributed by atoms with van der Waals surface area (Å²) in [6.07, 6.45) is 3.02. The van der Waals surface area contributed by atoms with E-state index in [0.717, 1.165) is 32.4 Å². The van der Waals surface area contributed by atoms with Gasteiger partial charge in [0.2, 0.25) is 0 Å². The molecule has 1 heterocycles. The number of rotatable bonds is 5. The summed E-state index contributed by atoms with van der Waals surface area (Å²) in [7, 11) is 0. The molecule has 0 saturated carbocycles. The molecule has 1 atom stereocenters. The number of aliphatic carboxylic acids is 1. The van der Waals surface area contributed by atoms with Crippen molar-refractivity contribution >= 4 is 5.97 Å². The van der Waals surface area contributed by atoms with Gasteiger partial charge in [-0.3, -0.25) is 9.69 Å².